The van der Waals surface area contributed by atoms with E-state index < -0.39 is 5.79 Å². The Morgan fingerprint density at radius 3 is 2.75 bits per heavy atom. The molecule has 0 spiro atoms. The molecule has 0 bridgehead atoms. The summed E-state index contributed by atoms with van der Waals surface area (Å²) in [5.74, 6) is -0.622. The normalized spacial score (nSPS) is 33.7. The molecule has 0 saturated carbocycles. The van der Waals surface area contributed by atoms with Gasteiger partial charge in [0.2, 0.25) is 0 Å². The van der Waals surface area contributed by atoms with E-state index in [0.717, 1.165) is 18.4 Å². The van der Waals surface area contributed by atoms with Crippen LogP contribution in [0, 0.1) is 0 Å². The van der Waals surface area contributed by atoms with Crippen LogP contribution in [0.25, 0.3) is 0 Å². The molecule has 0 radical (unpaired) electrons. The summed E-state index contributed by atoms with van der Waals surface area (Å²) in [6.45, 7) is 4.39. The molecule has 0 amide bonds. The Morgan fingerprint density at radius 2 is 2.00 bits per heavy atom. The van der Waals surface area contributed by atoms with E-state index in [-0.39, 0.29) is 24.6 Å². The van der Waals surface area contributed by atoms with Crippen molar-refractivity contribution in [2.75, 3.05) is 0 Å². The van der Waals surface area contributed by atoms with Crippen LogP contribution in [0.15, 0.2) is 54.1 Å². The third-order valence-electron chi connectivity index (χ3n) is 4.68. The van der Waals surface area contributed by atoms with Gasteiger partial charge in [-0.1, -0.05) is 54.1 Å². The van der Waals surface area contributed by atoms with Crippen molar-refractivity contribution in [2.45, 2.75) is 63.7 Å². The third kappa shape index (κ3) is 3.33. The third-order valence-corrected chi connectivity index (χ3v) is 4.68. The lowest BCUT2D eigenvalue weighted by Gasteiger charge is -2.26. The van der Waals surface area contributed by atoms with Crippen LogP contribution >= 0.6 is 0 Å². The summed E-state index contributed by atoms with van der Waals surface area (Å²) in [6.07, 6.45) is 7.59. The lowest BCUT2D eigenvalue weighted by atomic mass is 10.0. The van der Waals surface area contributed by atoms with Gasteiger partial charge in [0.05, 0.1) is 12.7 Å². The topological polar surface area (TPSA) is 36.9 Å². The largest absolute Gasteiger partial charge is 0.368 e. The van der Waals surface area contributed by atoms with Crippen molar-refractivity contribution in [1.82, 2.24) is 0 Å². The first-order valence-electron chi connectivity index (χ1n) is 8.62. The highest BCUT2D eigenvalue weighted by atomic mass is 16.8. The van der Waals surface area contributed by atoms with Gasteiger partial charge in [-0.05, 0) is 32.3 Å². The summed E-state index contributed by atoms with van der Waals surface area (Å²) in [5.41, 5.74) is 2.52. The van der Waals surface area contributed by atoms with Crippen LogP contribution in [0.1, 0.15) is 32.3 Å². The second-order valence-electron chi connectivity index (χ2n) is 7.07. The number of ether oxygens (including phenoxy) is 4. The van der Waals surface area contributed by atoms with Gasteiger partial charge in [-0.3, -0.25) is 0 Å². The van der Waals surface area contributed by atoms with Gasteiger partial charge in [-0.25, -0.2) is 0 Å². The van der Waals surface area contributed by atoms with Crippen LogP contribution in [-0.2, 0) is 25.6 Å². The maximum Gasteiger partial charge on any atom is 0.190 e. The molecular weight excluding hydrogens is 304 g/mol. The van der Waals surface area contributed by atoms with Gasteiger partial charge in [0.25, 0.3) is 0 Å². The zero-order valence-corrected chi connectivity index (χ0v) is 14.2. The molecule has 24 heavy (non-hydrogen) atoms. The van der Waals surface area contributed by atoms with E-state index in [2.05, 4.69) is 30.4 Å². The van der Waals surface area contributed by atoms with Gasteiger partial charge in [0.1, 0.15) is 12.2 Å². The lowest BCUT2D eigenvalue weighted by molar-refractivity contribution is -0.218. The molecule has 1 aromatic carbocycles. The predicted molar refractivity (Wildman–Crippen MR) is 90.2 cm³/mol. The fourth-order valence-corrected chi connectivity index (χ4v) is 3.58. The summed E-state index contributed by atoms with van der Waals surface area (Å²) < 4.78 is 24.3. The lowest BCUT2D eigenvalue weighted by Crippen LogP contribution is -2.37. The van der Waals surface area contributed by atoms with E-state index in [1.807, 2.05) is 32.0 Å². The molecule has 2 aliphatic heterocycles. The first kappa shape index (κ1) is 16.0. The fraction of sp³-hybridized carbons (Fsp3) is 0.500. The van der Waals surface area contributed by atoms with E-state index in [4.69, 9.17) is 18.9 Å². The van der Waals surface area contributed by atoms with Crippen molar-refractivity contribution in [3.63, 3.8) is 0 Å². The number of rotatable bonds is 5. The molecule has 2 fully saturated rings. The number of hydrogen-bond acceptors (Lipinski definition) is 4. The molecule has 0 unspecified atom stereocenters. The molecule has 4 rings (SSSR count). The Labute approximate surface area is 143 Å². The molecule has 4 heteroatoms. The minimum atomic E-state index is -0.622. The molecule has 0 aromatic heterocycles. The Kier molecular flexibility index (Phi) is 4.31. The Morgan fingerprint density at radius 1 is 1.17 bits per heavy atom. The van der Waals surface area contributed by atoms with Gasteiger partial charge in [-0.2, -0.15) is 0 Å². The number of hydrogen-bond donors (Lipinski definition) is 0. The fourth-order valence-electron chi connectivity index (χ4n) is 3.58. The standard InChI is InChI=1S/C20H24O4/c1-20(2)23-18-17(21-13-15-10-4-3-5-11-15)16(22-19(18)24-20)12-14-8-6-7-9-14/h3-8,10-11,16-19H,9,12-13H2,1-2H3/t16-,17+,18-,19-/m1/s1. The molecule has 1 aromatic rings. The quantitative estimate of drug-likeness (QED) is 0.825. The highest BCUT2D eigenvalue weighted by Gasteiger charge is 2.55. The van der Waals surface area contributed by atoms with E-state index in [1.54, 1.807) is 0 Å². The Hall–Kier alpha value is -1.46. The van der Waals surface area contributed by atoms with Crippen LogP contribution in [0.3, 0.4) is 0 Å². The minimum Gasteiger partial charge on any atom is -0.368 e. The summed E-state index contributed by atoms with van der Waals surface area (Å²) >= 11 is 0. The molecule has 2 heterocycles. The monoisotopic (exact) mass is 328 g/mol. The second kappa shape index (κ2) is 6.45. The first-order chi connectivity index (χ1) is 11.6. The van der Waals surface area contributed by atoms with Gasteiger partial charge in [-0.15, -0.1) is 0 Å². The molecular formula is C20H24O4. The molecule has 4 atom stereocenters. The first-order valence-corrected chi connectivity index (χ1v) is 8.62. The van der Waals surface area contributed by atoms with E-state index in [1.165, 1.54) is 5.57 Å². The van der Waals surface area contributed by atoms with Crippen molar-refractivity contribution in [2.24, 2.45) is 0 Å². The zero-order chi connectivity index (χ0) is 16.6. The number of allylic oxidation sites excluding steroid dienone is 3. The highest BCUT2D eigenvalue weighted by molar-refractivity contribution is 5.24. The van der Waals surface area contributed by atoms with Gasteiger partial charge < -0.3 is 18.9 Å². The SMILES string of the molecule is CC1(C)O[C@H]2O[C@H](CC3=CC=CC3)[C@H](OCc3ccccc3)[C@H]2O1. The van der Waals surface area contributed by atoms with Gasteiger partial charge in [0.15, 0.2) is 12.1 Å². The molecule has 128 valence electrons. The maximum atomic E-state index is 6.24. The van der Waals surface area contributed by atoms with Crippen LogP contribution < -0.4 is 0 Å². The van der Waals surface area contributed by atoms with Crippen molar-refractivity contribution >= 4 is 0 Å². The van der Waals surface area contributed by atoms with Gasteiger partial charge >= 0.3 is 0 Å². The summed E-state index contributed by atoms with van der Waals surface area (Å²) in [7, 11) is 0. The molecule has 4 nitrogen and oxygen atoms in total. The predicted octanol–water partition coefficient (Wildman–Crippen LogP) is 3.72. The molecule has 0 N–H and O–H groups in total. The Balaban J connectivity index is 1.46. The van der Waals surface area contributed by atoms with Crippen LogP contribution in [0.4, 0.5) is 0 Å². The number of fused-ring (bicyclic) bond motifs is 1. The van der Waals surface area contributed by atoms with E-state index in [0.29, 0.717) is 6.61 Å². The highest BCUT2D eigenvalue weighted by Crippen LogP contribution is 2.41. The van der Waals surface area contributed by atoms with Crippen molar-refractivity contribution < 1.29 is 18.9 Å². The minimum absolute atomic E-state index is 0.0361. The average molecular weight is 328 g/mol. The average Bonchev–Trinajstić information content (AvgIpc) is 3.22. The van der Waals surface area contributed by atoms with E-state index >= 15 is 0 Å². The molecule has 2 saturated heterocycles. The smallest absolute Gasteiger partial charge is 0.190 e. The van der Waals surface area contributed by atoms with Crippen LogP contribution in [0.5, 0.6) is 0 Å². The van der Waals surface area contributed by atoms with Crippen LogP contribution in [-0.4, -0.2) is 30.4 Å². The maximum absolute atomic E-state index is 6.24. The summed E-state index contributed by atoms with van der Waals surface area (Å²) in [6, 6.07) is 10.2. The van der Waals surface area contributed by atoms with Gasteiger partial charge in [0, 0.05) is 0 Å². The van der Waals surface area contributed by atoms with Crippen molar-refractivity contribution in [3.05, 3.63) is 59.7 Å². The second-order valence-corrected chi connectivity index (χ2v) is 7.07. The molecule has 3 aliphatic rings. The summed E-state index contributed by atoms with van der Waals surface area (Å²) in [5, 5.41) is 0. The molecule has 1 aliphatic carbocycles. The van der Waals surface area contributed by atoms with Crippen molar-refractivity contribution in [1.29, 1.82) is 0 Å². The Bertz CT molecular complexity index is 634. The van der Waals surface area contributed by atoms with E-state index in [9.17, 15) is 0 Å². The summed E-state index contributed by atoms with van der Waals surface area (Å²) in [4.78, 5) is 0. The van der Waals surface area contributed by atoms with Crippen molar-refractivity contribution in [3.8, 4) is 0 Å². The number of benzene rings is 1. The zero-order valence-electron chi connectivity index (χ0n) is 14.2. The van der Waals surface area contributed by atoms with Crippen LogP contribution in [0.2, 0.25) is 0 Å².